The highest BCUT2D eigenvalue weighted by Gasteiger charge is 2.62. The van der Waals surface area contributed by atoms with Gasteiger partial charge in [0.1, 0.15) is 6.10 Å². The molecule has 0 aliphatic heterocycles. The van der Waals surface area contributed by atoms with Crippen molar-refractivity contribution in [2.24, 2.45) is 16.7 Å². The minimum atomic E-state index is -0.332. The molecule has 2 saturated carbocycles. The molecule has 1 N–H and O–H groups in total. The number of carbonyl (C=O) groups excluding carboxylic acids is 1. The predicted octanol–water partition coefficient (Wildman–Crippen LogP) is 5.60. The first-order chi connectivity index (χ1) is 11.4. The van der Waals surface area contributed by atoms with Crippen LogP contribution in [0, 0.1) is 16.7 Å². The minimum Gasteiger partial charge on any atom is -0.445 e. The van der Waals surface area contributed by atoms with Gasteiger partial charge in [-0.05, 0) is 42.0 Å². The van der Waals surface area contributed by atoms with Crippen LogP contribution in [0.3, 0.4) is 0 Å². The van der Waals surface area contributed by atoms with E-state index < -0.39 is 0 Å². The number of carbonyl (C=O) groups is 1. The smallest absolute Gasteiger partial charge is 0.411 e. The highest BCUT2D eigenvalue weighted by Crippen LogP contribution is 2.66. The van der Waals surface area contributed by atoms with Crippen molar-refractivity contribution >= 4 is 22.6 Å². The molecule has 2 aliphatic carbocycles. The highest BCUT2D eigenvalue weighted by molar-refractivity contribution is 6.00. The van der Waals surface area contributed by atoms with Crippen LogP contribution in [0.15, 0.2) is 42.5 Å². The third-order valence-corrected chi connectivity index (χ3v) is 6.99. The molecule has 0 radical (unpaired) electrons. The molecule has 2 aromatic carbocycles. The molecule has 2 aromatic rings. The molecule has 24 heavy (non-hydrogen) atoms. The Morgan fingerprint density at radius 1 is 1.12 bits per heavy atom. The van der Waals surface area contributed by atoms with Gasteiger partial charge in [-0.2, -0.15) is 0 Å². The van der Waals surface area contributed by atoms with Crippen molar-refractivity contribution in [3.05, 3.63) is 42.5 Å². The number of hydrogen-bond donors (Lipinski definition) is 1. The molecule has 0 spiro atoms. The number of hydrogen-bond acceptors (Lipinski definition) is 2. The number of ether oxygens (including phenoxy) is 1. The van der Waals surface area contributed by atoms with E-state index in [-0.39, 0.29) is 23.0 Å². The first-order valence-corrected chi connectivity index (χ1v) is 8.87. The Morgan fingerprint density at radius 2 is 1.88 bits per heavy atom. The summed E-state index contributed by atoms with van der Waals surface area (Å²) in [6.45, 7) is 6.95. The van der Waals surface area contributed by atoms with E-state index in [1.165, 1.54) is 6.42 Å². The zero-order valence-electron chi connectivity index (χ0n) is 14.6. The lowest BCUT2D eigenvalue weighted by Gasteiger charge is -2.38. The normalized spacial score (nSPS) is 30.5. The third kappa shape index (κ3) is 2.14. The number of nitrogens with one attached hydrogen (secondary N) is 1. The highest BCUT2D eigenvalue weighted by atomic mass is 16.6. The van der Waals surface area contributed by atoms with Crippen molar-refractivity contribution in [2.45, 2.75) is 46.1 Å². The Morgan fingerprint density at radius 3 is 2.58 bits per heavy atom. The topological polar surface area (TPSA) is 38.3 Å². The van der Waals surface area contributed by atoms with Crippen molar-refractivity contribution in [3.63, 3.8) is 0 Å². The molecule has 3 nitrogen and oxygen atoms in total. The van der Waals surface area contributed by atoms with Crippen molar-refractivity contribution in [3.8, 4) is 0 Å². The summed E-state index contributed by atoms with van der Waals surface area (Å²) in [5.74, 6) is 0.665. The summed E-state index contributed by atoms with van der Waals surface area (Å²) in [6, 6.07) is 14.0. The summed E-state index contributed by atoms with van der Waals surface area (Å²) in [4.78, 5) is 12.5. The molecule has 1 amide bonds. The minimum absolute atomic E-state index is 0.0150. The maximum Gasteiger partial charge on any atom is 0.411 e. The zero-order valence-corrected chi connectivity index (χ0v) is 14.6. The summed E-state index contributed by atoms with van der Waals surface area (Å²) in [6.07, 6.45) is 3.08. The van der Waals surface area contributed by atoms with E-state index >= 15 is 0 Å². The lowest BCUT2D eigenvalue weighted by atomic mass is 9.70. The fourth-order valence-electron chi connectivity index (χ4n) is 4.91. The van der Waals surface area contributed by atoms with Gasteiger partial charge < -0.3 is 4.74 Å². The van der Waals surface area contributed by atoms with Gasteiger partial charge in [0.25, 0.3) is 0 Å². The lowest BCUT2D eigenvalue weighted by Crippen LogP contribution is -2.39. The number of amides is 1. The largest absolute Gasteiger partial charge is 0.445 e. The van der Waals surface area contributed by atoms with Crippen LogP contribution in [-0.4, -0.2) is 12.2 Å². The van der Waals surface area contributed by atoms with E-state index in [0.717, 1.165) is 29.3 Å². The summed E-state index contributed by atoms with van der Waals surface area (Å²) < 4.78 is 5.89. The Balaban J connectivity index is 1.52. The quantitative estimate of drug-likeness (QED) is 0.781. The average molecular weight is 323 g/mol. The molecule has 2 fully saturated rings. The van der Waals surface area contributed by atoms with Crippen molar-refractivity contribution < 1.29 is 9.53 Å². The SMILES string of the molecule is CC1(C)[C@@H]2CC[C@]1(C)[C@H](OC(=O)Nc1cccc3ccccc13)C2. The number of benzene rings is 2. The monoisotopic (exact) mass is 323 g/mol. The standard InChI is InChI=1S/C21H25NO2/c1-20(2)15-11-12-21(20,3)18(13-15)24-19(23)22-17-10-6-8-14-7-4-5-9-16(14)17/h4-10,15,18H,11-13H2,1-3H3,(H,22,23)/t15-,18-,21-/m1/s1. The average Bonchev–Trinajstić information content (AvgIpc) is 2.88. The maximum absolute atomic E-state index is 12.5. The first kappa shape index (κ1) is 15.5. The van der Waals surface area contributed by atoms with E-state index in [2.05, 4.69) is 26.1 Å². The van der Waals surface area contributed by atoms with Gasteiger partial charge in [0.2, 0.25) is 0 Å². The van der Waals surface area contributed by atoms with E-state index in [1.807, 2.05) is 42.5 Å². The molecule has 2 aliphatic rings. The number of anilines is 1. The van der Waals surface area contributed by atoms with Gasteiger partial charge in [0, 0.05) is 10.8 Å². The van der Waals surface area contributed by atoms with Crippen LogP contribution in [0.2, 0.25) is 0 Å². The van der Waals surface area contributed by atoms with Gasteiger partial charge in [0.15, 0.2) is 0 Å². The van der Waals surface area contributed by atoms with E-state index in [9.17, 15) is 4.79 Å². The van der Waals surface area contributed by atoms with Crippen LogP contribution in [0.1, 0.15) is 40.0 Å². The molecular formula is C21H25NO2. The molecule has 4 rings (SSSR count). The van der Waals surface area contributed by atoms with Gasteiger partial charge in [-0.1, -0.05) is 57.2 Å². The van der Waals surface area contributed by atoms with Crippen LogP contribution >= 0.6 is 0 Å². The van der Waals surface area contributed by atoms with Gasteiger partial charge in [-0.15, -0.1) is 0 Å². The Bertz CT molecular complexity index is 792. The molecule has 126 valence electrons. The summed E-state index contributed by atoms with van der Waals surface area (Å²) in [5.41, 5.74) is 1.15. The summed E-state index contributed by atoms with van der Waals surface area (Å²) in [7, 11) is 0. The predicted molar refractivity (Wildman–Crippen MR) is 97.1 cm³/mol. The molecule has 2 bridgehead atoms. The van der Waals surface area contributed by atoms with Gasteiger partial charge >= 0.3 is 6.09 Å². The Labute approximate surface area is 143 Å². The number of rotatable bonds is 2. The molecule has 3 heteroatoms. The van der Waals surface area contributed by atoms with Crippen LogP contribution in [0.5, 0.6) is 0 Å². The van der Waals surface area contributed by atoms with Crippen LogP contribution < -0.4 is 5.32 Å². The Kier molecular flexibility index (Phi) is 3.38. The molecule has 0 aromatic heterocycles. The molecule has 0 heterocycles. The molecular weight excluding hydrogens is 298 g/mol. The van der Waals surface area contributed by atoms with Gasteiger partial charge in [0.05, 0.1) is 5.69 Å². The molecule has 3 atom stereocenters. The molecule has 0 unspecified atom stereocenters. The van der Waals surface area contributed by atoms with Gasteiger partial charge in [-0.3, -0.25) is 5.32 Å². The zero-order chi connectivity index (χ0) is 16.9. The van der Waals surface area contributed by atoms with E-state index in [1.54, 1.807) is 0 Å². The van der Waals surface area contributed by atoms with Crippen LogP contribution in [0.25, 0.3) is 10.8 Å². The van der Waals surface area contributed by atoms with Gasteiger partial charge in [-0.25, -0.2) is 4.79 Å². The van der Waals surface area contributed by atoms with Crippen LogP contribution in [0.4, 0.5) is 10.5 Å². The summed E-state index contributed by atoms with van der Waals surface area (Å²) >= 11 is 0. The fourth-order valence-corrected chi connectivity index (χ4v) is 4.91. The van der Waals surface area contributed by atoms with E-state index in [4.69, 9.17) is 4.74 Å². The lowest BCUT2D eigenvalue weighted by molar-refractivity contribution is 0.00149. The Hall–Kier alpha value is -2.03. The van der Waals surface area contributed by atoms with E-state index in [0.29, 0.717) is 5.92 Å². The second-order valence-electron chi connectivity index (χ2n) is 8.16. The third-order valence-electron chi connectivity index (χ3n) is 6.99. The molecule has 0 saturated heterocycles. The van der Waals surface area contributed by atoms with Crippen molar-refractivity contribution in [1.82, 2.24) is 0 Å². The van der Waals surface area contributed by atoms with Crippen molar-refractivity contribution in [2.75, 3.05) is 5.32 Å². The fraction of sp³-hybridized carbons (Fsp3) is 0.476. The number of fused-ring (bicyclic) bond motifs is 3. The van der Waals surface area contributed by atoms with Crippen LogP contribution in [-0.2, 0) is 4.74 Å². The van der Waals surface area contributed by atoms with Crippen molar-refractivity contribution in [1.29, 1.82) is 0 Å². The maximum atomic E-state index is 12.5. The second-order valence-corrected chi connectivity index (χ2v) is 8.16. The first-order valence-electron chi connectivity index (χ1n) is 8.87. The second kappa shape index (κ2) is 5.23. The summed E-state index contributed by atoms with van der Waals surface area (Å²) in [5, 5.41) is 5.11.